The van der Waals surface area contributed by atoms with Gasteiger partial charge in [0.1, 0.15) is 0 Å². The molecule has 2 rings (SSSR count). The van der Waals surface area contributed by atoms with Crippen LogP contribution >= 0.6 is 0 Å². The molecule has 1 aliphatic heterocycles. The van der Waals surface area contributed by atoms with Crippen LogP contribution in [0, 0.1) is 11.3 Å². The van der Waals surface area contributed by atoms with Gasteiger partial charge in [0.05, 0.1) is 11.6 Å². The van der Waals surface area contributed by atoms with Crippen LogP contribution in [-0.2, 0) is 11.3 Å². The molecule has 0 aliphatic carbocycles. The van der Waals surface area contributed by atoms with Crippen molar-refractivity contribution in [3.63, 3.8) is 0 Å². The number of nitrogens with two attached hydrogens (primary N) is 1. The second-order valence-corrected chi connectivity index (χ2v) is 5.50. The summed E-state index contributed by atoms with van der Waals surface area (Å²) in [6.07, 6.45) is 1.55. The number of hydrogen-bond acceptors (Lipinski definition) is 4. The van der Waals surface area contributed by atoms with Gasteiger partial charge in [-0.1, -0.05) is 12.1 Å². The van der Waals surface area contributed by atoms with E-state index in [0.717, 1.165) is 45.7 Å². The van der Waals surface area contributed by atoms with Crippen LogP contribution in [0.15, 0.2) is 24.3 Å². The SMILES string of the molecule is N#Cc1ccc(CN2CCCN(CCC(N)=O)CC2)cc1. The maximum absolute atomic E-state index is 10.8. The summed E-state index contributed by atoms with van der Waals surface area (Å²) < 4.78 is 0. The van der Waals surface area contributed by atoms with E-state index in [1.165, 1.54) is 5.56 Å². The van der Waals surface area contributed by atoms with E-state index in [0.29, 0.717) is 12.0 Å². The number of hydrogen-bond donors (Lipinski definition) is 1. The van der Waals surface area contributed by atoms with Crippen LogP contribution in [0.4, 0.5) is 0 Å². The van der Waals surface area contributed by atoms with Gasteiger partial charge in [0, 0.05) is 32.6 Å². The predicted molar refractivity (Wildman–Crippen MR) is 81.3 cm³/mol. The van der Waals surface area contributed by atoms with Crippen LogP contribution in [0.5, 0.6) is 0 Å². The quantitative estimate of drug-likeness (QED) is 0.874. The van der Waals surface area contributed by atoms with Gasteiger partial charge in [0.15, 0.2) is 0 Å². The minimum Gasteiger partial charge on any atom is -0.370 e. The molecule has 1 aromatic rings. The van der Waals surface area contributed by atoms with E-state index < -0.39 is 0 Å². The van der Waals surface area contributed by atoms with E-state index in [4.69, 9.17) is 11.0 Å². The third-order valence-electron chi connectivity index (χ3n) is 3.84. The third kappa shape index (κ3) is 5.18. The Morgan fingerprint density at radius 2 is 1.81 bits per heavy atom. The number of carbonyl (C=O) groups is 1. The Bertz CT molecular complexity index is 506. The average molecular weight is 286 g/mol. The van der Waals surface area contributed by atoms with Crippen molar-refractivity contribution >= 4 is 5.91 Å². The van der Waals surface area contributed by atoms with Crippen molar-refractivity contribution in [3.8, 4) is 6.07 Å². The van der Waals surface area contributed by atoms with Gasteiger partial charge in [-0.15, -0.1) is 0 Å². The number of nitrogens with zero attached hydrogens (tertiary/aromatic N) is 3. The molecular weight excluding hydrogens is 264 g/mol. The minimum absolute atomic E-state index is 0.228. The molecule has 1 amide bonds. The molecular formula is C16H22N4O. The van der Waals surface area contributed by atoms with Crippen LogP contribution in [-0.4, -0.2) is 48.4 Å². The number of nitriles is 1. The van der Waals surface area contributed by atoms with Crippen LogP contribution in [0.25, 0.3) is 0 Å². The molecule has 0 unspecified atom stereocenters. The third-order valence-corrected chi connectivity index (χ3v) is 3.84. The summed E-state index contributed by atoms with van der Waals surface area (Å²) in [4.78, 5) is 15.6. The van der Waals surface area contributed by atoms with Gasteiger partial charge >= 0.3 is 0 Å². The first-order chi connectivity index (χ1) is 10.2. The van der Waals surface area contributed by atoms with Crippen molar-refractivity contribution in [2.45, 2.75) is 19.4 Å². The Hall–Kier alpha value is -1.90. The van der Waals surface area contributed by atoms with Crippen molar-refractivity contribution in [1.82, 2.24) is 9.80 Å². The van der Waals surface area contributed by atoms with Gasteiger partial charge in [-0.2, -0.15) is 5.26 Å². The van der Waals surface area contributed by atoms with Crippen LogP contribution in [0.1, 0.15) is 24.0 Å². The summed E-state index contributed by atoms with van der Waals surface area (Å²) in [5.41, 5.74) is 7.14. The maximum atomic E-state index is 10.8. The zero-order valence-corrected chi connectivity index (χ0v) is 12.3. The average Bonchev–Trinajstić information content (AvgIpc) is 2.71. The maximum Gasteiger partial charge on any atom is 0.218 e. The highest BCUT2D eigenvalue weighted by Crippen LogP contribution is 2.10. The van der Waals surface area contributed by atoms with E-state index in [9.17, 15) is 4.79 Å². The van der Waals surface area contributed by atoms with Crippen molar-refractivity contribution in [2.24, 2.45) is 5.73 Å². The highest BCUT2D eigenvalue weighted by molar-refractivity contribution is 5.73. The van der Waals surface area contributed by atoms with E-state index in [2.05, 4.69) is 15.9 Å². The fraction of sp³-hybridized carbons (Fsp3) is 0.500. The molecule has 0 aromatic heterocycles. The zero-order valence-electron chi connectivity index (χ0n) is 12.3. The molecule has 1 fully saturated rings. The van der Waals surface area contributed by atoms with E-state index >= 15 is 0 Å². The molecule has 112 valence electrons. The van der Waals surface area contributed by atoms with Gasteiger partial charge in [0.2, 0.25) is 5.91 Å². The second-order valence-electron chi connectivity index (χ2n) is 5.50. The molecule has 1 heterocycles. The molecule has 0 spiro atoms. The summed E-state index contributed by atoms with van der Waals surface area (Å²) >= 11 is 0. The lowest BCUT2D eigenvalue weighted by Crippen LogP contribution is -2.32. The topological polar surface area (TPSA) is 73.4 Å². The van der Waals surface area contributed by atoms with Gasteiger partial charge in [-0.3, -0.25) is 9.69 Å². The molecule has 0 saturated carbocycles. The Morgan fingerprint density at radius 1 is 1.14 bits per heavy atom. The number of primary amides is 1. The van der Waals surface area contributed by atoms with Gasteiger partial charge < -0.3 is 10.6 Å². The van der Waals surface area contributed by atoms with Crippen LogP contribution in [0.2, 0.25) is 0 Å². The van der Waals surface area contributed by atoms with E-state index in [1.54, 1.807) is 0 Å². The van der Waals surface area contributed by atoms with Gasteiger partial charge in [-0.25, -0.2) is 0 Å². The standard InChI is InChI=1S/C16H22N4O/c17-12-14-2-4-15(5-3-14)13-20-8-1-7-19(10-11-20)9-6-16(18)21/h2-5H,1,6-11,13H2,(H2,18,21). The number of carbonyl (C=O) groups excluding carboxylic acids is 1. The van der Waals surface area contributed by atoms with Crippen molar-refractivity contribution < 1.29 is 4.79 Å². The Morgan fingerprint density at radius 3 is 2.48 bits per heavy atom. The predicted octanol–water partition coefficient (Wildman–Crippen LogP) is 0.941. The van der Waals surface area contributed by atoms with E-state index in [1.807, 2.05) is 24.3 Å². The summed E-state index contributed by atoms with van der Waals surface area (Å²) in [5.74, 6) is -0.228. The molecule has 0 radical (unpaired) electrons. The minimum atomic E-state index is -0.228. The highest BCUT2D eigenvalue weighted by Gasteiger charge is 2.15. The summed E-state index contributed by atoms with van der Waals surface area (Å²) in [7, 11) is 0. The Kier molecular flexibility index (Phi) is 5.73. The summed E-state index contributed by atoms with van der Waals surface area (Å²) in [6.45, 7) is 5.74. The lowest BCUT2D eigenvalue weighted by atomic mass is 10.1. The smallest absolute Gasteiger partial charge is 0.218 e. The summed E-state index contributed by atoms with van der Waals surface area (Å²) in [6, 6.07) is 9.92. The Balaban J connectivity index is 1.82. The highest BCUT2D eigenvalue weighted by atomic mass is 16.1. The molecule has 0 bridgehead atoms. The fourth-order valence-corrected chi connectivity index (χ4v) is 2.62. The molecule has 21 heavy (non-hydrogen) atoms. The summed E-state index contributed by atoms with van der Waals surface area (Å²) in [5, 5.41) is 8.81. The number of amides is 1. The normalized spacial score (nSPS) is 17.1. The van der Waals surface area contributed by atoms with Crippen LogP contribution in [0.3, 0.4) is 0 Å². The molecule has 1 aromatic carbocycles. The van der Waals surface area contributed by atoms with E-state index in [-0.39, 0.29) is 5.91 Å². The first-order valence-corrected chi connectivity index (χ1v) is 7.39. The molecule has 5 heteroatoms. The zero-order chi connectivity index (χ0) is 15.1. The van der Waals surface area contributed by atoms with Gasteiger partial charge in [0.25, 0.3) is 0 Å². The lowest BCUT2D eigenvalue weighted by molar-refractivity contribution is -0.118. The largest absolute Gasteiger partial charge is 0.370 e. The molecule has 1 aliphatic rings. The monoisotopic (exact) mass is 286 g/mol. The van der Waals surface area contributed by atoms with Gasteiger partial charge in [-0.05, 0) is 37.2 Å². The molecule has 0 atom stereocenters. The Labute approximate surface area is 125 Å². The number of benzene rings is 1. The molecule has 5 nitrogen and oxygen atoms in total. The first-order valence-electron chi connectivity index (χ1n) is 7.39. The fourth-order valence-electron chi connectivity index (χ4n) is 2.62. The molecule has 1 saturated heterocycles. The lowest BCUT2D eigenvalue weighted by Gasteiger charge is -2.21. The van der Waals surface area contributed by atoms with Crippen molar-refractivity contribution in [1.29, 1.82) is 5.26 Å². The number of rotatable bonds is 5. The molecule has 2 N–H and O–H groups in total. The van der Waals surface area contributed by atoms with Crippen molar-refractivity contribution in [2.75, 3.05) is 32.7 Å². The second kappa shape index (κ2) is 7.77. The van der Waals surface area contributed by atoms with Crippen molar-refractivity contribution in [3.05, 3.63) is 35.4 Å². The first kappa shape index (κ1) is 15.5. The van der Waals surface area contributed by atoms with Crippen LogP contribution < -0.4 is 5.73 Å².